The first kappa shape index (κ1) is 23.9. The number of pyridine rings is 1. The van der Waals surface area contributed by atoms with Crippen molar-refractivity contribution in [3.05, 3.63) is 30.1 Å². The molecule has 1 aromatic rings. The van der Waals surface area contributed by atoms with Gasteiger partial charge in [-0.25, -0.2) is 0 Å². The van der Waals surface area contributed by atoms with Gasteiger partial charge in [-0.1, -0.05) is 6.07 Å². The molecule has 32 heavy (non-hydrogen) atoms. The van der Waals surface area contributed by atoms with Gasteiger partial charge in [0.05, 0.1) is 24.3 Å². The van der Waals surface area contributed by atoms with E-state index in [4.69, 9.17) is 14.2 Å². The Labute approximate surface area is 187 Å². The van der Waals surface area contributed by atoms with Gasteiger partial charge in [-0.05, 0) is 32.6 Å². The molecule has 3 heterocycles. The Morgan fingerprint density at radius 1 is 1.09 bits per heavy atom. The van der Waals surface area contributed by atoms with E-state index in [0.717, 1.165) is 5.56 Å². The minimum absolute atomic E-state index is 0.00217. The predicted molar refractivity (Wildman–Crippen MR) is 112 cm³/mol. The van der Waals surface area contributed by atoms with Crippen molar-refractivity contribution in [1.29, 1.82) is 0 Å². The maximum absolute atomic E-state index is 11.6. The molecule has 0 spiro atoms. The fraction of sp³-hybridized carbons (Fsp3) is 0.762. The Morgan fingerprint density at radius 2 is 1.84 bits per heavy atom. The zero-order chi connectivity index (χ0) is 23.1. The van der Waals surface area contributed by atoms with Crippen molar-refractivity contribution in [1.82, 2.24) is 20.9 Å². The van der Waals surface area contributed by atoms with E-state index in [2.05, 4.69) is 20.9 Å². The fourth-order valence-corrected chi connectivity index (χ4v) is 5.14. The first-order valence-corrected chi connectivity index (χ1v) is 11.0. The Hall–Kier alpha value is -1.25. The van der Waals surface area contributed by atoms with E-state index >= 15 is 0 Å². The number of aliphatic hydroxyl groups excluding tert-OH is 2. The van der Waals surface area contributed by atoms with E-state index in [9.17, 15) is 20.4 Å². The zero-order valence-electron chi connectivity index (χ0n) is 18.5. The molecule has 1 aromatic heterocycles. The molecule has 0 aromatic carbocycles. The molecule has 2 unspecified atom stereocenters. The van der Waals surface area contributed by atoms with Crippen LogP contribution in [-0.4, -0.2) is 106 Å². The highest BCUT2D eigenvalue weighted by Gasteiger charge is 2.68. The Bertz CT molecular complexity index is 776. The Kier molecular flexibility index (Phi) is 6.86. The van der Waals surface area contributed by atoms with Crippen LogP contribution in [0.5, 0.6) is 0 Å². The number of aromatic nitrogens is 1. The summed E-state index contributed by atoms with van der Waals surface area (Å²) < 4.78 is 17.9. The minimum atomic E-state index is -2.22. The van der Waals surface area contributed by atoms with E-state index in [1.807, 2.05) is 12.1 Å². The Balaban J connectivity index is 1.57. The van der Waals surface area contributed by atoms with Crippen molar-refractivity contribution in [2.24, 2.45) is 0 Å². The van der Waals surface area contributed by atoms with Crippen LogP contribution in [0.25, 0.3) is 0 Å². The van der Waals surface area contributed by atoms with Gasteiger partial charge in [0.2, 0.25) is 12.1 Å². The van der Waals surface area contributed by atoms with Gasteiger partial charge in [0.25, 0.3) is 0 Å². The quantitative estimate of drug-likeness (QED) is 0.242. The van der Waals surface area contributed by atoms with Crippen LogP contribution < -0.4 is 16.0 Å². The Morgan fingerprint density at radius 3 is 2.50 bits per heavy atom. The highest BCUT2D eigenvalue weighted by molar-refractivity contribution is 5.13. The molecule has 0 amide bonds. The van der Waals surface area contributed by atoms with Crippen LogP contribution in [0.4, 0.5) is 0 Å². The van der Waals surface area contributed by atoms with Gasteiger partial charge in [0.1, 0.15) is 23.9 Å². The van der Waals surface area contributed by atoms with Gasteiger partial charge in [0, 0.05) is 31.9 Å². The van der Waals surface area contributed by atoms with Crippen molar-refractivity contribution in [3.63, 3.8) is 0 Å². The molecule has 11 heteroatoms. The van der Waals surface area contributed by atoms with Gasteiger partial charge < -0.3 is 50.6 Å². The maximum Gasteiger partial charge on any atom is 0.249 e. The third kappa shape index (κ3) is 3.96. The lowest BCUT2D eigenvalue weighted by Gasteiger charge is -2.60. The summed E-state index contributed by atoms with van der Waals surface area (Å²) in [6, 6.07) is 2.38. The summed E-state index contributed by atoms with van der Waals surface area (Å²) in [4.78, 5) is 4.07. The summed E-state index contributed by atoms with van der Waals surface area (Å²) >= 11 is 0. The maximum atomic E-state index is 11.6. The molecule has 1 saturated carbocycles. The first-order valence-electron chi connectivity index (χ1n) is 11.0. The summed E-state index contributed by atoms with van der Waals surface area (Å²) in [7, 11) is 3.28. The van der Waals surface area contributed by atoms with Crippen molar-refractivity contribution >= 4 is 0 Å². The lowest BCUT2D eigenvalue weighted by molar-refractivity contribution is -0.482. The number of likely N-dealkylation sites (N-methyl/N-ethyl adjacent to an activating group) is 2. The molecule has 3 fully saturated rings. The lowest BCUT2D eigenvalue weighted by atomic mass is 9.77. The summed E-state index contributed by atoms with van der Waals surface area (Å²) in [6.45, 7) is 2.20. The van der Waals surface area contributed by atoms with Crippen LogP contribution in [0.3, 0.4) is 0 Å². The van der Waals surface area contributed by atoms with Crippen LogP contribution in [0.2, 0.25) is 0 Å². The van der Waals surface area contributed by atoms with E-state index in [0.29, 0.717) is 6.54 Å². The monoisotopic (exact) mass is 454 g/mol. The number of nitrogens with one attached hydrogen (secondary N) is 3. The third-order valence-corrected chi connectivity index (χ3v) is 6.82. The molecule has 0 bridgehead atoms. The van der Waals surface area contributed by atoms with Gasteiger partial charge in [-0.3, -0.25) is 4.98 Å². The minimum Gasteiger partial charge on any atom is -0.390 e. The second-order valence-corrected chi connectivity index (χ2v) is 8.97. The molecule has 7 N–H and O–H groups in total. The van der Waals surface area contributed by atoms with Crippen LogP contribution in [0, 0.1) is 0 Å². The molecule has 4 rings (SSSR count). The van der Waals surface area contributed by atoms with E-state index in [1.165, 1.54) is 0 Å². The van der Waals surface area contributed by atoms with E-state index in [1.54, 1.807) is 33.4 Å². The number of hydrogen-bond acceptors (Lipinski definition) is 11. The number of hydrogen-bond donors (Lipinski definition) is 7. The van der Waals surface area contributed by atoms with Crippen molar-refractivity contribution in [2.75, 3.05) is 20.6 Å². The van der Waals surface area contributed by atoms with Gasteiger partial charge in [-0.15, -0.1) is 0 Å². The van der Waals surface area contributed by atoms with Crippen molar-refractivity contribution < 1.29 is 34.6 Å². The standard InChI is InChI=1S/C21H34N4O7/c1-11-7-20(28,10-25-9-12-5-4-6-24-8-12)21(29)19(30-11)31-18-16(27)13(22-2)15(26)14(23-3)17(18)32-21/h4-6,8,11,13-19,22-23,25-29H,7,9-10H2,1-3H3/t11-,13-,14+,15+,16+,17-,18?,19+,20?,21-/m1/s1. The van der Waals surface area contributed by atoms with Crippen LogP contribution >= 0.6 is 0 Å². The molecular formula is C21H34N4O7. The SMILES string of the molecule is CN[C@@H]1[C@H](O)[C@H](NC)[C@H]2O[C@]3(O)[C@H](OC2[C@H]1O)O[C@H](C)CC3(O)CNCc1cccnc1. The highest BCUT2D eigenvalue weighted by Crippen LogP contribution is 2.46. The molecule has 3 aliphatic rings. The highest BCUT2D eigenvalue weighted by atomic mass is 16.8. The van der Waals surface area contributed by atoms with Crippen molar-refractivity contribution in [3.8, 4) is 0 Å². The van der Waals surface area contributed by atoms with E-state index < -0.39 is 60.3 Å². The predicted octanol–water partition coefficient (Wildman–Crippen LogP) is -2.58. The molecule has 2 saturated heterocycles. The zero-order valence-corrected chi connectivity index (χ0v) is 18.5. The number of rotatable bonds is 6. The molecule has 11 nitrogen and oxygen atoms in total. The summed E-state index contributed by atoms with van der Waals surface area (Å²) in [5.74, 6) is -2.22. The molecule has 0 radical (unpaired) electrons. The first-order chi connectivity index (χ1) is 15.2. The molecular weight excluding hydrogens is 420 g/mol. The van der Waals surface area contributed by atoms with Crippen LogP contribution in [-0.2, 0) is 20.8 Å². The molecule has 1 aliphatic carbocycles. The molecule has 180 valence electrons. The van der Waals surface area contributed by atoms with Gasteiger partial charge >= 0.3 is 0 Å². The van der Waals surface area contributed by atoms with E-state index in [-0.39, 0.29) is 13.0 Å². The van der Waals surface area contributed by atoms with Crippen LogP contribution in [0.1, 0.15) is 18.9 Å². The smallest absolute Gasteiger partial charge is 0.249 e. The topological polar surface area (TPSA) is 158 Å². The van der Waals surface area contributed by atoms with Crippen molar-refractivity contribution in [2.45, 2.75) is 80.2 Å². The third-order valence-electron chi connectivity index (χ3n) is 6.82. The lowest BCUT2D eigenvalue weighted by Crippen LogP contribution is -2.81. The summed E-state index contributed by atoms with van der Waals surface area (Å²) in [6.07, 6.45) is -2.24. The molecule has 10 atom stereocenters. The van der Waals surface area contributed by atoms with Gasteiger partial charge in [-0.2, -0.15) is 0 Å². The average Bonchev–Trinajstić information content (AvgIpc) is 2.75. The number of ether oxygens (including phenoxy) is 3. The second kappa shape index (κ2) is 9.18. The number of aliphatic hydroxyl groups is 4. The van der Waals surface area contributed by atoms with Gasteiger partial charge in [0.15, 0.2) is 0 Å². The number of nitrogens with zero attached hydrogens (tertiary/aromatic N) is 1. The normalized spacial score (nSPS) is 46.3. The molecule has 2 aliphatic heterocycles. The summed E-state index contributed by atoms with van der Waals surface area (Å²) in [5.41, 5.74) is -0.830. The fourth-order valence-electron chi connectivity index (χ4n) is 5.14. The second-order valence-electron chi connectivity index (χ2n) is 8.97. The largest absolute Gasteiger partial charge is 0.390 e. The summed E-state index contributed by atoms with van der Waals surface area (Å²) in [5, 5.41) is 53.8. The number of fused-ring (bicyclic) bond motifs is 2. The average molecular weight is 455 g/mol. The van der Waals surface area contributed by atoms with Crippen LogP contribution in [0.15, 0.2) is 24.5 Å².